The Bertz CT molecular complexity index is 830. The molecular formula is C20H27N3O4. The molecule has 1 unspecified atom stereocenters. The van der Waals surface area contributed by atoms with Gasteiger partial charge in [-0.25, -0.2) is 0 Å². The number of hydrogen-bond acceptors (Lipinski definition) is 5. The normalized spacial score (nSPS) is 16.3. The van der Waals surface area contributed by atoms with Crippen LogP contribution in [-0.4, -0.2) is 54.4 Å². The fourth-order valence-electron chi connectivity index (χ4n) is 3.71. The summed E-state index contributed by atoms with van der Waals surface area (Å²) in [6.07, 6.45) is 0. The van der Waals surface area contributed by atoms with Gasteiger partial charge in [0.25, 0.3) is 5.91 Å². The molecule has 2 aromatic rings. The molecule has 0 radical (unpaired) electrons. The highest BCUT2D eigenvalue weighted by molar-refractivity contribution is 6.02. The van der Waals surface area contributed by atoms with Crippen molar-refractivity contribution in [3.05, 3.63) is 46.2 Å². The Hall–Kier alpha value is -2.38. The molecule has 3 rings (SSSR count). The van der Waals surface area contributed by atoms with Crippen LogP contribution < -0.4 is 5.32 Å². The minimum atomic E-state index is -0.218. The second kappa shape index (κ2) is 8.10. The topological polar surface area (TPSA) is 87.6 Å². The van der Waals surface area contributed by atoms with Crippen molar-refractivity contribution in [1.29, 1.82) is 0 Å². The standard InChI is InChI=1S/C20H27N3O4/c1-12-5-6-17(27-12)16(23-7-9-26-10-8-23)11-21-20(25)19-13(2)18(15(4)24)14(3)22-19/h5-6,16,22H,7-11H2,1-4H3,(H,21,25). The number of ether oxygens (including phenoxy) is 1. The van der Waals surface area contributed by atoms with Gasteiger partial charge in [-0.1, -0.05) is 0 Å². The van der Waals surface area contributed by atoms with Gasteiger partial charge in [0.15, 0.2) is 5.78 Å². The second-order valence-electron chi connectivity index (χ2n) is 7.00. The highest BCUT2D eigenvalue weighted by Crippen LogP contribution is 2.24. The number of aromatic nitrogens is 1. The Morgan fingerprint density at radius 3 is 2.48 bits per heavy atom. The van der Waals surface area contributed by atoms with Crippen molar-refractivity contribution in [3.63, 3.8) is 0 Å². The maximum Gasteiger partial charge on any atom is 0.268 e. The molecule has 146 valence electrons. The molecule has 0 aromatic carbocycles. The minimum Gasteiger partial charge on any atom is -0.465 e. The number of H-pyrrole nitrogens is 1. The van der Waals surface area contributed by atoms with Crippen LogP contribution in [0.5, 0.6) is 0 Å². The predicted molar refractivity (Wildman–Crippen MR) is 101 cm³/mol. The molecule has 2 N–H and O–H groups in total. The van der Waals surface area contributed by atoms with Gasteiger partial charge < -0.3 is 19.5 Å². The van der Waals surface area contributed by atoms with Gasteiger partial charge in [-0.3, -0.25) is 14.5 Å². The van der Waals surface area contributed by atoms with Crippen LogP contribution in [0.1, 0.15) is 56.6 Å². The number of Topliss-reactive ketones (excluding diaryl/α,β-unsaturated/α-hetero) is 1. The van der Waals surface area contributed by atoms with Crippen LogP contribution in [0, 0.1) is 20.8 Å². The lowest BCUT2D eigenvalue weighted by atomic mass is 10.1. The smallest absolute Gasteiger partial charge is 0.268 e. The first-order valence-corrected chi connectivity index (χ1v) is 9.25. The Kier molecular flexibility index (Phi) is 5.82. The lowest BCUT2D eigenvalue weighted by Gasteiger charge is -2.33. The van der Waals surface area contributed by atoms with Crippen molar-refractivity contribution in [2.75, 3.05) is 32.8 Å². The van der Waals surface area contributed by atoms with Crippen LogP contribution in [-0.2, 0) is 4.74 Å². The van der Waals surface area contributed by atoms with Crippen LogP contribution in [0.3, 0.4) is 0 Å². The second-order valence-corrected chi connectivity index (χ2v) is 7.00. The number of carbonyl (C=O) groups excluding carboxylic acids is 2. The fourth-order valence-corrected chi connectivity index (χ4v) is 3.71. The fraction of sp³-hybridized carbons (Fsp3) is 0.500. The van der Waals surface area contributed by atoms with Crippen molar-refractivity contribution < 1.29 is 18.7 Å². The van der Waals surface area contributed by atoms with Gasteiger partial charge in [-0.2, -0.15) is 0 Å². The van der Waals surface area contributed by atoms with Crippen LogP contribution >= 0.6 is 0 Å². The summed E-state index contributed by atoms with van der Waals surface area (Å²) in [5.41, 5.74) is 2.44. The third kappa shape index (κ3) is 4.14. The van der Waals surface area contributed by atoms with Gasteiger partial charge in [0.2, 0.25) is 0 Å². The molecule has 1 aliphatic rings. The van der Waals surface area contributed by atoms with Crippen molar-refractivity contribution in [1.82, 2.24) is 15.2 Å². The minimum absolute atomic E-state index is 0.0439. The molecule has 0 aliphatic carbocycles. The highest BCUT2D eigenvalue weighted by Gasteiger charge is 2.27. The zero-order chi connectivity index (χ0) is 19.6. The first-order chi connectivity index (χ1) is 12.9. The van der Waals surface area contributed by atoms with E-state index < -0.39 is 0 Å². The van der Waals surface area contributed by atoms with Crippen LogP contribution in [0.25, 0.3) is 0 Å². The Balaban J connectivity index is 1.76. The van der Waals surface area contributed by atoms with Crippen molar-refractivity contribution in [2.45, 2.75) is 33.7 Å². The maximum atomic E-state index is 12.7. The first-order valence-electron chi connectivity index (χ1n) is 9.25. The number of nitrogens with zero attached hydrogens (tertiary/aromatic N) is 1. The van der Waals surface area contributed by atoms with Gasteiger partial charge in [0.05, 0.1) is 19.3 Å². The summed E-state index contributed by atoms with van der Waals surface area (Å²) in [4.78, 5) is 29.9. The van der Waals surface area contributed by atoms with E-state index in [4.69, 9.17) is 9.15 Å². The summed E-state index contributed by atoms with van der Waals surface area (Å²) in [6, 6.07) is 3.83. The number of hydrogen-bond donors (Lipinski definition) is 2. The number of morpholine rings is 1. The van der Waals surface area contributed by atoms with Gasteiger partial charge in [-0.15, -0.1) is 0 Å². The number of aromatic amines is 1. The molecule has 1 fully saturated rings. The van der Waals surface area contributed by atoms with Crippen LogP contribution in [0.4, 0.5) is 0 Å². The Morgan fingerprint density at radius 1 is 1.22 bits per heavy atom. The molecular weight excluding hydrogens is 346 g/mol. The van der Waals surface area contributed by atoms with E-state index in [9.17, 15) is 9.59 Å². The summed E-state index contributed by atoms with van der Waals surface area (Å²) in [7, 11) is 0. The molecule has 1 aliphatic heterocycles. The average molecular weight is 373 g/mol. The largest absolute Gasteiger partial charge is 0.465 e. The first kappa shape index (κ1) is 19.4. The molecule has 7 nitrogen and oxygen atoms in total. The molecule has 1 amide bonds. The van der Waals surface area contributed by atoms with Gasteiger partial charge >= 0.3 is 0 Å². The number of furan rings is 1. The summed E-state index contributed by atoms with van der Waals surface area (Å²) in [5, 5.41) is 3.00. The maximum absolute atomic E-state index is 12.7. The van der Waals surface area contributed by atoms with E-state index in [1.165, 1.54) is 6.92 Å². The number of ketones is 1. The zero-order valence-electron chi connectivity index (χ0n) is 16.3. The van der Waals surface area contributed by atoms with Gasteiger partial charge in [-0.05, 0) is 45.4 Å². The quantitative estimate of drug-likeness (QED) is 0.760. The molecule has 0 bridgehead atoms. The van der Waals surface area contributed by atoms with E-state index in [1.807, 2.05) is 26.0 Å². The lowest BCUT2D eigenvalue weighted by molar-refractivity contribution is 0.0117. The number of aryl methyl sites for hydroxylation is 2. The number of rotatable bonds is 6. The summed E-state index contributed by atoms with van der Waals surface area (Å²) >= 11 is 0. The van der Waals surface area contributed by atoms with E-state index in [0.717, 1.165) is 30.3 Å². The van der Waals surface area contributed by atoms with E-state index in [2.05, 4.69) is 15.2 Å². The van der Waals surface area contributed by atoms with Gasteiger partial charge in [0.1, 0.15) is 17.2 Å². The van der Waals surface area contributed by atoms with Crippen LogP contribution in [0.15, 0.2) is 16.5 Å². The molecule has 2 aromatic heterocycles. The molecule has 0 saturated carbocycles. The molecule has 3 heterocycles. The van der Waals surface area contributed by atoms with Crippen LogP contribution in [0.2, 0.25) is 0 Å². The Labute approximate surface area is 159 Å². The molecule has 1 atom stereocenters. The monoisotopic (exact) mass is 373 g/mol. The molecule has 7 heteroatoms. The van der Waals surface area contributed by atoms with Crippen molar-refractivity contribution in [3.8, 4) is 0 Å². The molecule has 1 saturated heterocycles. The molecule has 0 spiro atoms. The van der Waals surface area contributed by atoms with Crippen molar-refractivity contribution in [2.24, 2.45) is 0 Å². The zero-order valence-corrected chi connectivity index (χ0v) is 16.3. The molecule has 27 heavy (non-hydrogen) atoms. The lowest BCUT2D eigenvalue weighted by Crippen LogP contribution is -2.43. The number of nitrogens with one attached hydrogen (secondary N) is 2. The van der Waals surface area contributed by atoms with E-state index in [0.29, 0.717) is 36.6 Å². The average Bonchev–Trinajstić information content (AvgIpc) is 3.19. The number of carbonyl (C=O) groups is 2. The predicted octanol–water partition coefficient (Wildman–Crippen LogP) is 2.54. The summed E-state index contributed by atoms with van der Waals surface area (Å²) < 4.78 is 11.3. The third-order valence-corrected chi connectivity index (χ3v) is 5.05. The summed E-state index contributed by atoms with van der Waals surface area (Å²) in [6.45, 7) is 10.4. The highest BCUT2D eigenvalue weighted by atomic mass is 16.5. The summed E-state index contributed by atoms with van der Waals surface area (Å²) in [5.74, 6) is 1.41. The Morgan fingerprint density at radius 2 is 1.93 bits per heavy atom. The van der Waals surface area contributed by atoms with Gasteiger partial charge in [0, 0.05) is 30.9 Å². The SMILES string of the molecule is CC(=O)c1c(C)[nH]c(C(=O)NCC(c2ccc(C)o2)N2CCOCC2)c1C. The van der Waals surface area contributed by atoms with Crippen molar-refractivity contribution >= 4 is 11.7 Å². The third-order valence-electron chi connectivity index (χ3n) is 5.05. The van der Waals surface area contributed by atoms with E-state index in [1.54, 1.807) is 6.92 Å². The number of amides is 1. The van der Waals surface area contributed by atoms with E-state index in [-0.39, 0.29) is 17.7 Å². The van der Waals surface area contributed by atoms with E-state index >= 15 is 0 Å².